The molecular weight excluding hydrogens is 251 g/mol. The first-order chi connectivity index (χ1) is 7.38. The Morgan fingerprint density at radius 1 is 0.800 bits per heavy atom. The van der Waals surface area contributed by atoms with Crippen LogP contribution in [0.2, 0.25) is 0 Å². The van der Waals surface area contributed by atoms with Crippen LogP contribution in [0.25, 0.3) is 0 Å². The van der Waals surface area contributed by atoms with E-state index >= 15 is 0 Å². The minimum atomic E-state index is 0.336. The van der Waals surface area contributed by atoms with Gasteiger partial charge in [0.15, 0.2) is 0 Å². The van der Waals surface area contributed by atoms with Crippen LogP contribution in [0.3, 0.4) is 0 Å². The topological polar surface area (TPSA) is 17.1 Å². The Kier molecular flexibility index (Phi) is 3.33. The van der Waals surface area contributed by atoms with E-state index in [9.17, 15) is 4.79 Å². The molecular formula is C13H10OSe. The molecule has 0 spiro atoms. The summed E-state index contributed by atoms with van der Waals surface area (Å²) in [6, 6.07) is 18.2. The molecule has 0 aromatic heterocycles. The van der Waals surface area contributed by atoms with Gasteiger partial charge in [-0.1, -0.05) is 0 Å². The van der Waals surface area contributed by atoms with E-state index in [1.165, 1.54) is 8.92 Å². The van der Waals surface area contributed by atoms with Gasteiger partial charge in [-0.2, -0.15) is 0 Å². The molecule has 0 heterocycles. The van der Waals surface area contributed by atoms with E-state index in [1.807, 2.05) is 30.3 Å². The van der Waals surface area contributed by atoms with Gasteiger partial charge >= 0.3 is 95.1 Å². The third kappa shape index (κ3) is 2.79. The maximum absolute atomic E-state index is 10.5. The Morgan fingerprint density at radius 2 is 1.40 bits per heavy atom. The molecule has 2 aromatic carbocycles. The van der Waals surface area contributed by atoms with Crippen molar-refractivity contribution in [3.05, 3.63) is 60.2 Å². The number of benzene rings is 2. The van der Waals surface area contributed by atoms with E-state index in [0.717, 1.165) is 11.8 Å². The van der Waals surface area contributed by atoms with Crippen LogP contribution in [0.15, 0.2) is 54.6 Å². The van der Waals surface area contributed by atoms with Crippen LogP contribution >= 0.6 is 0 Å². The number of rotatable bonds is 3. The van der Waals surface area contributed by atoms with Crippen molar-refractivity contribution in [3.63, 3.8) is 0 Å². The molecule has 0 radical (unpaired) electrons. The summed E-state index contributed by atoms with van der Waals surface area (Å²) < 4.78 is 2.64. The van der Waals surface area contributed by atoms with Gasteiger partial charge < -0.3 is 0 Å². The van der Waals surface area contributed by atoms with E-state index in [0.29, 0.717) is 15.0 Å². The van der Waals surface area contributed by atoms with Crippen LogP contribution in [0.5, 0.6) is 0 Å². The Hall–Kier alpha value is -1.37. The average Bonchev–Trinajstić information content (AvgIpc) is 2.31. The summed E-state index contributed by atoms with van der Waals surface area (Å²) in [5.41, 5.74) is 0.739. The number of hydrogen-bond donors (Lipinski definition) is 0. The molecule has 15 heavy (non-hydrogen) atoms. The molecule has 0 atom stereocenters. The predicted octanol–water partition coefficient (Wildman–Crippen LogP) is 1.15. The molecule has 1 nitrogen and oxygen atoms in total. The second-order valence-corrected chi connectivity index (χ2v) is 5.51. The Morgan fingerprint density at radius 3 is 2.00 bits per heavy atom. The molecule has 0 saturated heterocycles. The Labute approximate surface area is 95.3 Å². The van der Waals surface area contributed by atoms with Crippen molar-refractivity contribution in [2.75, 3.05) is 0 Å². The first-order valence-electron chi connectivity index (χ1n) is 4.66. The molecule has 2 rings (SSSR count). The summed E-state index contributed by atoms with van der Waals surface area (Å²) in [4.78, 5) is 10.5. The first kappa shape index (κ1) is 10.2. The monoisotopic (exact) mass is 262 g/mol. The van der Waals surface area contributed by atoms with Crippen molar-refractivity contribution in [1.82, 2.24) is 0 Å². The fraction of sp³-hybridized carbons (Fsp3) is 0. The van der Waals surface area contributed by atoms with Crippen LogP contribution in [-0.2, 0) is 0 Å². The van der Waals surface area contributed by atoms with Crippen LogP contribution in [-0.4, -0.2) is 21.2 Å². The summed E-state index contributed by atoms with van der Waals surface area (Å²) in [6.45, 7) is 0. The van der Waals surface area contributed by atoms with E-state index < -0.39 is 0 Å². The molecule has 0 aliphatic rings. The number of hydrogen-bond acceptors (Lipinski definition) is 1. The van der Waals surface area contributed by atoms with E-state index in [-0.39, 0.29) is 0 Å². The van der Waals surface area contributed by atoms with Gasteiger partial charge in [0, 0.05) is 0 Å². The van der Waals surface area contributed by atoms with Crippen molar-refractivity contribution in [2.45, 2.75) is 0 Å². The second kappa shape index (κ2) is 4.92. The van der Waals surface area contributed by atoms with Crippen LogP contribution in [0.1, 0.15) is 10.4 Å². The molecule has 0 N–H and O–H groups in total. The zero-order valence-electron chi connectivity index (χ0n) is 8.09. The van der Waals surface area contributed by atoms with Crippen molar-refractivity contribution in [2.24, 2.45) is 0 Å². The zero-order valence-corrected chi connectivity index (χ0v) is 9.80. The standard InChI is InChI=1S/C13H10OSe/c14-10-11-6-8-13(9-7-11)15-12-4-2-1-3-5-12/h1-10H. The minimum absolute atomic E-state index is 0.336. The molecule has 0 aliphatic carbocycles. The number of carbonyl (C=O) groups excluding carboxylic acids is 1. The molecule has 0 saturated carbocycles. The summed E-state index contributed by atoms with van der Waals surface area (Å²) in [7, 11) is 0. The van der Waals surface area contributed by atoms with Crippen LogP contribution in [0.4, 0.5) is 0 Å². The predicted molar refractivity (Wildman–Crippen MR) is 63.3 cm³/mol. The van der Waals surface area contributed by atoms with Crippen LogP contribution < -0.4 is 8.92 Å². The molecule has 74 valence electrons. The van der Waals surface area contributed by atoms with E-state index in [4.69, 9.17) is 0 Å². The fourth-order valence-corrected chi connectivity index (χ4v) is 3.00. The van der Waals surface area contributed by atoms with Crippen molar-refractivity contribution in [1.29, 1.82) is 0 Å². The molecule has 0 fully saturated rings. The van der Waals surface area contributed by atoms with Gasteiger partial charge in [-0.25, -0.2) is 0 Å². The first-order valence-corrected chi connectivity index (χ1v) is 6.38. The fourth-order valence-electron chi connectivity index (χ4n) is 1.24. The maximum atomic E-state index is 10.5. The van der Waals surface area contributed by atoms with Gasteiger partial charge in [-0.05, 0) is 0 Å². The van der Waals surface area contributed by atoms with E-state index in [2.05, 4.69) is 24.3 Å². The number of carbonyl (C=O) groups is 1. The van der Waals surface area contributed by atoms with Gasteiger partial charge in [0.2, 0.25) is 0 Å². The molecule has 0 bridgehead atoms. The second-order valence-electron chi connectivity index (χ2n) is 3.10. The van der Waals surface area contributed by atoms with Gasteiger partial charge in [-0.15, -0.1) is 0 Å². The summed E-state index contributed by atoms with van der Waals surface area (Å²) >= 11 is 0.336. The SMILES string of the molecule is O=Cc1ccc([Se]c2ccccc2)cc1. The van der Waals surface area contributed by atoms with Crippen LogP contribution in [0, 0.1) is 0 Å². The molecule has 0 amide bonds. The number of aldehydes is 1. The molecule has 0 aliphatic heterocycles. The van der Waals surface area contributed by atoms with Crippen molar-refractivity contribution in [3.8, 4) is 0 Å². The molecule has 2 heteroatoms. The zero-order chi connectivity index (χ0) is 10.5. The normalized spacial score (nSPS) is 9.87. The third-order valence-corrected chi connectivity index (χ3v) is 4.13. The van der Waals surface area contributed by atoms with Crippen molar-refractivity contribution >= 4 is 30.2 Å². The summed E-state index contributed by atoms with van der Waals surface area (Å²) in [6.07, 6.45) is 0.874. The van der Waals surface area contributed by atoms with E-state index in [1.54, 1.807) is 0 Å². The van der Waals surface area contributed by atoms with Gasteiger partial charge in [0.25, 0.3) is 0 Å². The van der Waals surface area contributed by atoms with Gasteiger partial charge in [0.05, 0.1) is 0 Å². The van der Waals surface area contributed by atoms with Gasteiger partial charge in [-0.3, -0.25) is 0 Å². The van der Waals surface area contributed by atoms with Crippen molar-refractivity contribution < 1.29 is 4.79 Å². The Bertz CT molecular complexity index is 434. The average molecular weight is 261 g/mol. The summed E-state index contributed by atoms with van der Waals surface area (Å²) in [5.74, 6) is 0. The summed E-state index contributed by atoms with van der Waals surface area (Å²) in [5, 5.41) is 0. The quantitative estimate of drug-likeness (QED) is 0.598. The van der Waals surface area contributed by atoms with Gasteiger partial charge in [0.1, 0.15) is 0 Å². The molecule has 2 aromatic rings. The molecule has 0 unspecified atom stereocenters. The third-order valence-electron chi connectivity index (χ3n) is 2.00. The Balaban J connectivity index is 2.15.